The van der Waals surface area contributed by atoms with Crippen LogP contribution in [0.2, 0.25) is 0 Å². The molecule has 1 aromatic carbocycles. The van der Waals surface area contributed by atoms with Gasteiger partial charge < -0.3 is 9.88 Å². The van der Waals surface area contributed by atoms with E-state index in [1.54, 1.807) is 4.90 Å². The fourth-order valence-electron chi connectivity index (χ4n) is 4.78. The summed E-state index contributed by atoms with van der Waals surface area (Å²) in [5.74, 6) is 1.20. The van der Waals surface area contributed by atoms with Gasteiger partial charge in [0.1, 0.15) is 5.82 Å². The van der Waals surface area contributed by atoms with Crippen molar-refractivity contribution in [1.29, 1.82) is 0 Å². The number of aromatic nitrogens is 2. The molecule has 0 spiro atoms. The summed E-state index contributed by atoms with van der Waals surface area (Å²) in [5.41, 5.74) is 4.18. The number of rotatable bonds is 6. The van der Waals surface area contributed by atoms with Crippen LogP contribution in [0.5, 0.6) is 0 Å². The summed E-state index contributed by atoms with van der Waals surface area (Å²) in [7, 11) is 0. The van der Waals surface area contributed by atoms with Crippen LogP contribution < -0.4 is 5.56 Å². The maximum atomic E-state index is 12.8. The Labute approximate surface area is 184 Å². The second-order valence-corrected chi connectivity index (χ2v) is 8.94. The topological polar surface area (TPSA) is 69.3 Å². The highest BCUT2D eigenvalue weighted by Crippen LogP contribution is 2.26. The molecule has 4 rings (SSSR count). The van der Waals surface area contributed by atoms with E-state index in [2.05, 4.69) is 41.1 Å². The van der Waals surface area contributed by atoms with Gasteiger partial charge in [0.05, 0.1) is 17.8 Å². The molecule has 2 aliphatic rings. The fourth-order valence-corrected chi connectivity index (χ4v) is 4.78. The molecule has 0 bridgehead atoms. The number of hydrogen-bond acceptors (Lipinski definition) is 4. The molecule has 0 unspecified atom stereocenters. The fraction of sp³-hybridized carbons (Fsp3) is 0.560. The van der Waals surface area contributed by atoms with Crippen molar-refractivity contribution in [2.24, 2.45) is 0 Å². The standard InChI is InChI=1S/C25H34N4O2/c1-3-6-23(30)29-14-12-22-21(17-29)25(31)27-24(26-22)20-7-5-13-28(16-20)15-19-10-8-18(4-2)9-11-19/h8-11,20H,3-7,12-17H2,1-2H3,(H,26,27,31)/t20-/m1/s1. The predicted molar refractivity (Wildman–Crippen MR) is 122 cm³/mol. The van der Waals surface area contributed by atoms with Gasteiger partial charge in [-0.15, -0.1) is 0 Å². The molecule has 1 fully saturated rings. The van der Waals surface area contributed by atoms with Crippen molar-refractivity contribution < 1.29 is 4.79 Å². The molecule has 2 aliphatic heterocycles. The number of piperidine rings is 1. The number of carbonyl (C=O) groups is 1. The molecule has 0 radical (unpaired) electrons. The van der Waals surface area contributed by atoms with Gasteiger partial charge >= 0.3 is 0 Å². The number of amides is 1. The minimum absolute atomic E-state index is 0.0683. The first-order valence-corrected chi connectivity index (χ1v) is 11.8. The van der Waals surface area contributed by atoms with E-state index in [-0.39, 0.29) is 17.4 Å². The maximum absolute atomic E-state index is 12.8. The summed E-state index contributed by atoms with van der Waals surface area (Å²) in [5, 5.41) is 0. The largest absolute Gasteiger partial charge is 0.338 e. The highest BCUT2D eigenvalue weighted by atomic mass is 16.2. The Hall–Kier alpha value is -2.47. The molecule has 6 heteroatoms. The molecule has 1 N–H and O–H groups in total. The molecular weight excluding hydrogens is 388 g/mol. The molecule has 31 heavy (non-hydrogen) atoms. The van der Waals surface area contributed by atoms with E-state index in [0.29, 0.717) is 31.5 Å². The Balaban J connectivity index is 1.45. The third-order valence-corrected chi connectivity index (χ3v) is 6.63. The molecule has 1 saturated heterocycles. The summed E-state index contributed by atoms with van der Waals surface area (Å²) >= 11 is 0. The molecule has 3 heterocycles. The Bertz CT molecular complexity index is 966. The minimum Gasteiger partial charge on any atom is -0.338 e. The van der Waals surface area contributed by atoms with Crippen LogP contribution in [-0.4, -0.2) is 45.3 Å². The number of H-pyrrole nitrogens is 1. The number of nitrogens with zero attached hydrogens (tertiary/aromatic N) is 3. The predicted octanol–water partition coefficient (Wildman–Crippen LogP) is 3.40. The average molecular weight is 423 g/mol. The first-order valence-electron chi connectivity index (χ1n) is 11.8. The molecule has 1 aromatic heterocycles. The number of nitrogens with one attached hydrogen (secondary N) is 1. The molecule has 166 valence electrons. The summed E-state index contributed by atoms with van der Waals surface area (Å²) in [6, 6.07) is 8.89. The van der Waals surface area contributed by atoms with E-state index in [0.717, 1.165) is 56.8 Å². The van der Waals surface area contributed by atoms with Gasteiger partial charge in [0.2, 0.25) is 5.91 Å². The third kappa shape index (κ3) is 5.06. The van der Waals surface area contributed by atoms with E-state index in [1.807, 2.05) is 6.92 Å². The van der Waals surface area contributed by atoms with Crippen LogP contribution >= 0.6 is 0 Å². The van der Waals surface area contributed by atoms with Crippen molar-refractivity contribution in [2.45, 2.75) is 71.4 Å². The third-order valence-electron chi connectivity index (χ3n) is 6.63. The summed E-state index contributed by atoms with van der Waals surface area (Å²) < 4.78 is 0. The van der Waals surface area contributed by atoms with E-state index in [9.17, 15) is 9.59 Å². The van der Waals surface area contributed by atoms with Crippen molar-refractivity contribution in [3.05, 3.63) is 62.8 Å². The lowest BCUT2D eigenvalue weighted by molar-refractivity contribution is -0.132. The van der Waals surface area contributed by atoms with Crippen molar-refractivity contribution in [3.8, 4) is 0 Å². The van der Waals surface area contributed by atoms with Crippen LogP contribution in [0.15, 0.2) is 29.1 Å². The van der Waals surface area contributed by atoms with Crippen molar-refractivity contribution in [1.82, 2.24) is 19.8 Å². The quantitative estimate of drug-likeness (QED) is 0.775. The van der Waals surface area contributed by atoms with Crippen molar-refractivity contribution >= 4 is 5.91 Å². The van der Waals surface area contributed by atoms with E-state index < -0.39 is 0 Å². The Morgan fingerprint density at radius 1 is 1.16 bits per heavy atom. The van der Waals surface area contributed by atoms with Crippen LogP contribution in [-0.2, 0) is 30.7 Å². The molecule has 2 aromatic rings. The monoisotopic (exact) mass is 422 g/mol. The lowest BCUT2D eigenvalue weighted by Gasteiger charge is -2.33. The second kappa shape index (κ2) is 9.77. The second-order valence-electron chi connectivity index (χ2n) is 8.94. The van der Waals surface area contributed by atoms with E-state index in [4.69, 9.17) is 4.98 Å². The molecule has 1 amide bonds. The zero-order valence-electron chi connectivity index (χ0n) is 18.8. The normalized spacial score (nSPS) is 19.3. The summed E-state index contributed by atoms with van der Waals surface area (Å²) in [6.45, 7) is 8.16. The number of aromatic amines is 1. The molecule has 1 atom stereocenters. The molecule has 0 saturated carbocycles. The number of hydrogen-bond donors (Lipinski definition) is 1. The SMILES string of the molecule is CCCC(=O)N1CCc2nc([C@@H]3CCCN(Cc4ccc(CC)cc4)C3)[nH]c(=O)c2C1. The Kier molecular flexibility index (Phi) is 6.86. The number of benzene rings is 1. The highest BCUT2D eigenvalue weighted by molar-refractivity contribution is 5.76. The smallest absolute Gasteiger partial charge is 0.256 e. The molecule has 0 aliphatic carbocycles. The van der Waals surface area contributed by atoms with Gasteiger partial charge in [0.25, 0.3) is 5.56 Å². The van der Waals surface area contributed by atoms with Crippen LogP contribution in [0, 0.1) is 0 Å². The number of likely N-dealkylation sites (tertiary alicyclic amines) is 1. The average Bonchev–Trinajstić information content (AvgIpc) is 2.79. The van der Waals surface area contributed by atoms with Gasteiger partial charge in [-0.2, -0.15) is 0 Å². The Morgan fingerprint density at radius 2 is 1.94 bits per heavy atom. The van der Waals surface area contributed by atoms with Crippen molar-refractivity contribution in [3.63, 3.8) is 0 Å². The Morgan fingerprint density at radius 3 is 2.68 bits per heavy atom. The van der Waals surface area contributed by atoms with Crippen LogP contribution in [0.25, 0.3) is 0 Å². The number of fused-ring (bicyclic) bond motifs is 1. The lowest BCUT2D eigenvalue weighted by Crippen LogP contribution is -2.40. The minimum atomic E-state index is -0.0683. The summed E-state index contributed by atoms with van der Waals surface area (Å²) in [6.07, 6.45) is 5.26. The van der Waals surface area contributed by atoms with Crippen LogP contribution in [0.4, 0.5) is 0 Å². The first kappa shape index (κ1) is 21.8. The van der Waals surface area contributed by atoms with Gasteiger partial charge in [-0.25, -0.2) is 4.98 Å². The van der Waals surface area contributed by atoms with Gasteiger partial charge in [0.15, 0.2) is 0 Å². The zero-order valence-corrected chi connectivity index (χ0v) is 18.8. The summed E-state index contributed by atoms with van der Waals surface area (Å²) in [4.78, 5) is 37.3. The van der Waals surface area contributed by atoms with Gasteiger partial charge in [-0.05, 0) is 43.4 Å². The van der Waals surface area contributed by atoms with Crippen molar-refractivity contribution in [2.75, 3.05) is 19.6 Å². The van der Waals surface area contributed by atoms with Crippen LogP contribution in [0.3, 0.4) is 0 Å². The molecule has 6 nitrogen and oxygen atoms in total. The highest BCUT2D eigenvalue weighted by Gasteiger charge is 2.28. The van der Waals surface area contributed by atoms with Gasteiger partial charge in [-0.3, -0.25) is 14.5 Å². The maximum Gasteiger partial charge on any atom is 0.256 e. The lowest BCUT2D eigenvalue weighted by atomic mass is 9.95. The van der Waals surface area contributed by atoms with E-state index in [1.165, 1.54) is 11.1 Å². The number of aryl methyl sites for hydroxylation is 1. The van der Waals surface area contributed by atoms with E-state index >= 15 is 0 Å². The number of carbonyl (C=O) groups excluding carboxylic acids is 1. The zero-order chi connectivity index (χ0) is 21.8. The molecular formula is C25H34N4O2. The first-order chi connectivity index (χ1) is 15.1. The van der Waals surface area contributed by atoms with Gasteiger partial charge in [0, 0.05) is 38.4 Å². The van der Waals surface area contributed by atoms with Crippen LogP contribution in [0.1, 0.15) is 73.7 Å². The van der Waals surface area contributed by atoms with Gasteiger partial charge in [-0.1, -0.05) is 38.1 Å².